The second-order valence-electron chi connectivity index (χ2n) is 3.02. The van der Waals surface area contributed by atoms with Gasteiger partial charge in [-0.25, -0.2) is 0 Å². The van der Waals surface area contributed by atoms with Crippen LogP contribution in [-0.4, -0.2) is 16.8 Å². The third-order valence-corrected chi connectivity index (χ3v) is 2.02. The highest BCUT2D eigenvalue weighted by molar-refractivity contribution is 5.44. The molecule has 1 aromatic carbocycles. The van der Waals surface area contributed by atoms with E-state index in [9.17, 15) is 5.11 Å². The van der Waals surface area contributed by atoms with Gasteiger partial charge in [-0.1, -0.05) is 0 Å². The molecule has 1 heterocycles. The van der Waals surface area contributed by atoms with Crippen molar-refractivity contribution in [1.29, 1.82) is 0 Å². The molecule has 1 aliphatic rings. The number of ether oxygens (including phenoxy) is 1. The van der Waals surface area contributed by atoms with Gasteiger partial charge < -0.3 is 14.9 Å². The van der Waals surface area contributed by atoms with Crippen molar-refractivity contribution in [2.45, 2.75) is 6.42 Å². The maximum Gasteiger partial charge on any atom is 0.130 e. The van der Waals surface area contributed by atoms with Crippen LogP contribution in [0.25, 0.3) is 0 Å². The van der Waals surface area contributed by atoms with Crippen LogP contribution < -0.4 is 4.74 Å². The van der Waals surface area contributed by atoms with E-state index < -0.39 is 0 Å². The third-order valence-electron chi connectivity index (χ3n) is 2.02. The minimum atomic E-state index is -0.00486. The summed E-state index contributed by atoms with van der Waals surface area (Å²) in [6, 6.07) is 4.95. The van der Waals surface area contributed by atoms with Crippen molar-refractivity contribution < 1.29 is 14.9 Å². The monoisotopic (exact) mass is 178 g/mol. The van der Waals surface area contributed by atoms with Gasteiger partial charge in [-0.2, -0.15) is 0 Å². The molecule has 0 unspecified atom stereocenters. The Kier molecular flexibility index (Phi) is 1.94. The molecule has 1 aromatic rings. The van der Waals surface area contributed by atoms with Crippen molar-refractivity contribution in [1.82, 2.24) is 0 Å². The summed E-state index contributed by atoms with van der Waals surface area (Å²) in [7, 11) is 0. The van der Waals surface area contributed by atoms with Gasteiger partial charge in [0.05, 0.1) is 12.9 Å². The molecule has 0 atom stereocenters. The molecule has 0 aliphatic carbocycles. The SMILES string of the molecule is OCC1=COc2ccc(O)cc2C1. The Labute approximate surface area is 75.9 Å². The number of phenols is 1. The van der Waals surface area contributed by atoms with Gasteiger partial charge in [-0.3, -0.25) is 0 Å². The first-order valence-electron chi connectivity index (χ1n) is 4.07. The second kappa shape index (κ2) is 3.11. The average molecular weight is 178 g/mol. The van der Waals surface area contributed by atoms with Crippen LogP contribution in [0.2, 0.25) is 0 Å². The first-order chi connectivity index (χ1) is 6.29. The Balaban J connectivity index is 2.34. The Hall–Kier alpha value is -1.48. The van der Waals surface area contributed by atoms with E-state index in [1.54, 1.807) is 24.5 Å². The molecule has 2 N–H and O–H groups in total. The number of benzene rings is 1. The van der Waals surface area contributed by atoms with Crippen molar-refractivity contribution in [3.63, 3.8) is 0 Å². The number of hydrogen-bond donors (Lipinski definition) is 2. The van der Waals surface area contributed by atoms with E-state index in [-0.39, 0.29) is 12.4 Å². The molecule has 0 amide bonds. The third kappa shape index (κ3) is 1.51. The van der Waals surface area contributed by atoms with Crippen LogP contribution in [0.4, 0.5) is 0 Å². The summed E-state index contributed by atoms with van der Waals surface area (Å²) >= 11 is 0. The number of aliphatic hydroxyl groups excluding tert-OH is 1. The quantitative estimate of drug-likeness (QED) is 0.679. The fraction of sp³-hybridized carbons (Fsp3) is 0.200. The first kappa shape index (κ1) is 8.13. The van der Waals surface area contributed by atoms with E-state index in [1.165, 1.54) is 0 Å². The van der Waals surface area contributed by atoms with Crippen molar-refractivity contribution >= 4 is 0 Å². The number of aliphatic hydroxyl groups is 1. The van der Waals surface area contributed by atoms with E-state index >= 15 is 0 Å². The molecule has 13 heavy (non-hydrogen) atoms. The van der Waals surface area contributed by atoms with Crippen molar-refractivity contribution in [3.05, 3.63) is 35.6 Å². The molecule has 3 nitrogen and oxygen atoms in total. The molecule has 3 heteroatoms. The second-order valence-corrected chi connectivity index (χ2v) is 3.02. The zero-order valence-corrected chi connectivity index (χ0v) is 7.03. The smallest absolute Gasteiger partial charge is 0.130 e. The van der Waals surface area contributed by atoms with Gasteiger partial charge in [0.2, 0.25) is 0 Å². The Morgan fingerprint density at radius 1 is 1.38 bits per heavy atom. The topological polar surface area (TPSA) is 49.7 Å². The van der Waals surface area contributed by atoms with Crippen LogP contribution in [0.15, 0.2) is 30.0 Å². The van der Waals surface area contributed by atoms with Crippen LogP contribution in [0.1, 0.15) is 5.56 Å². The standard InChI is InChI=1S/C10H10O3/c11-5-7-3-8-4-9(12)1-2-10(8)13-6-7/h1-2,4,6,11-12H,3,5H2. The van der Waals surface area contributed by atoms with Crippen LogP contribution in [0.3, 0.4) is 0 Å². The lowest BCUT2D eigenvalue weighted by atomic mass is 10.0. The maximum absolute atomic E-state index is 9.21. The minimum absolute atomic E-state index is 0.00486. The molecule has 0 spiro atoms. The van der Waals surface area contributed by atoms with Gasteiger partial charge >= 0.3 is 0 Å². The van der Waals surface area contributed by atoms with Gasteiger partial charge in [0, 0.05) is 12.0 Å². The minimum Gasteiger partial charge on any atom is -0.508 e. The molecular weight excluding hydrogens is 168 g/mol. The number of fused-ring (bicyclic) bond motifs is 1. The van der Waals surface area contributed by atoms with Crippen LogP contribution >= 0.6 is 0 Å². The van der Waals surface area contributed by atoms with Gasteiger partial charge in [0.25, 0.3) is 0 Å². The van der Waals surface area contributed by atoms with Crippen molar-refractivity contribution in [2.75, 3.05) is 6.61 Å². The number of hydrogen-bond acceptors (Lipinski definition) is 3. The van der Waals surface area contributed by atoms with Gasteiger partial charge in [0.15, 0.2) is 0 Å². The molecule has 0 radical (unpaired) electrons. The number of rotatable bonds is 1. The highest BCUT2D eigenvalue weighted by atomic mass is 16.5. The molecule has 0 aromatic heterocycles. The predicted octanol–water partition coefficient (Wildman–Crippen LogP) is 1.20. The van der Waals surface area contributed by atoms with Crippen molar-refractivity contribution in [3.8, 4) is 11.5 Å². The summed E-state index contributed by atoms with van der Waals surface area (Å²) in [6.07, 6.45) is 2.19. The zero-order valence-electron chi connectivity index (χ0n) is 7.03. The lowest BCUT2D eigenvalue weighted by Crippen LogP contribution is -2.05. The fourth-order valence-electron chi connectivity index (χ4n) is 1.35. The zero-order chi connectivity index (χ0) is 9.26. The Morgan fingerprint density at radius 2 is 2.23 bits per heavy atom. The lowest BCUT2D eigenvalue weighted by Gasteiger charge is -2.15. The summed E-state index contributed by atoms with van der Waals surface area (Å²) < 4.78 is 5.25. The van der Waals surface area contributed by atoms with E-state index in [1.807, 2.05) is 0 Å². The summed E-state index contributed by atoms with van der Waals surface area (Å²) in [4.78, 5) is 0. The maximum atomic E-state index is 9.21. The van der Waals surface area contributed by atoms with E-state index in [2.05, 4.69) is 0 Å². The van der Waals surface area contributed by atoms with E-state index in [4.69, 9.17) is 9.84 Å². The first-order valence-corrected chi connectivity index (χ1v) is 4.07. The average Bonchev–Trinajstić information content (AvgIpc) is 2.16. The molecule has 1 aliphatic heterocycles. The summed E-state index contributed by atoms with van der Waals surface area (Å²) in [5.74, 6) is 0.969. The van der Waals surface area contributed by atoms with Gasteiger partial charge in [0.1, 0.15) is 11.5 Å². The molecular formula is C10H10O3. The van der Waals surface area contributed by atoms with Gasteiger partial charge in [-0.15, -0.1) is 0 Å². The molecule has 0 saturated heterocycles. The predicted molar refractivity (Wildman–Crippen MR) is 47.6 cm³/mol. The number of phenolic OH excluding ortho intramolecular Hbond substituents is 1. The van der Waals surface area contributed by atoms with Crippen molar-refractivity contribution in [2.24, 2.45) is 0 Å². The van der Waals surface area contributed by atoms with Crippen LogP contribution in [0, 0.1) is 0 Å². The molecule has 2 rings (SSSR count). The van der Waals surface area contributed by atoms with Crippen LogP contribution in [-0.2, 0) is 6.42 Å². The Bertz CT molecular complexity index is 355. The highest BCUT2D eigenvalue weighted by Crippen LogP contribution is 2.29. The highest BCUT2D eigenvalue weighted by Gasteiger charge is 2.11. The van der Waals surface area contributed by atoms with Crippen LogP contribution in [0.5, 0.6) is 11.5 Å². The summed E-state index contributed by atoms with van der Waals surface area (Å²) in [6.45, 7) is -0.00486. The number of aromatic hydroxyl groups is 1. The summed E-state index contributed by atoms with van der Waals surface area (Å²) in [5.41, 5.74) is 1.73. The molecule has 68 valence electrons. The molecule has 0 saturated carbocycles. The van der Waals surface area contributed by atoms with E-state index in [0.717, 1.165) is 16.9 Å². The van der Waals surface area contributed by atoms with E-state index in [0.29, 0.717) is 6.42 Å². The normalized spacial score (nSPS) is 14.4. The largest absolute Gasteiger partial charge is 0.508 e. The molecule has 0 bridgehead atoms. The summed E-state index contributed by atoms with van der Waals surface area (Å²) in [5, 5.41) is 18.1. The lowest BCUT2D eigenvalue weighted by molar-refractivity contribution is 0.317. The Morgan fingerprint density at radius 3 is 3.00 bits per heavy atom. The van der Waals surface area contributed by atoms with Gasteiger partial charge in [-0.05, 0) is 23.8 Å². The molecule has 0 fully saturated rings. The fourth-order valence-corrected chi connectivity index (χ4v) is 1.35.